The number of hydrogen-bond donors (Lipinski definition) is 1. The first-order valence-electron chi connectivity index (χ1n) is 14.1. The fourth-order valence-electron chi connectivity index (χ4n) is 5.75. The zero-order valence-electron chi connectivity index (χ0n) is 23.7. The van der Waals surface area contributed by atoms with Crippen LogP contribution in [0.4, 0.5) is 0 Å². The molecule has 0 amide bonds. The van der Waals surface area contributed by atoms with Gasteiger partial charge in [-0.3, -0.25) is 4.79 Å². The Morgan fingerprint density at radius 3 is 2.50 bits per heavy atom. The molecule has 0 radical (unpaired) electrons. The minimum Gasteiger partial charge on any atom is -0.476 e. The second-order valence-electron chi connectivity index (χ2n) is 10.8. The Balaban J connectivity index is 1.16. The van der Waals surface area contributed by atoms with Crippen LogP contribution in [0.1, 0.15) is 34.7 Å². The zero-order valence-corrected chi connectivity index (χ0v) is 23.7. The molecule has 1 aliphatic rings. The van der Waals surface area contributed by atoms with Crippen LogP contribution in [0.2, 0.25) is 0 Å². The van der Waals surface area contributed by atoms with Crippen LogP contribution in [0.15, 0.2) is 82.2 Å². The monoisotopic (exact) mass is 567 g/mol. The number of aromatic nitrogens is 3. The van der Waals surface area contributed by atoms with Crippen LogP contribution >= 0.6 is 0 Å². The lowest BCUT2D eigenvalue weighted by Gasteiger charge is -2.35. The van der Waals surface area contributed by atoms with Gasteiger partial charge >= 0.3 is 5.97 Å². The average Bonchev–Trinajstić information content (AvgIpc) is 3.47. The first kappa shape index (κ1) is 27.7. The number of carboxylic acid groups (broad SMARTS) is 1. The third-order valence-corrected chi connectivity index (χ3v) is 7.93. The fraction of sp³-hybridized carbons (Fsp3) is 0.303. The quantitative estimate of drug-likeness (QED) is 0.219. The zero-order chi connectivity index (χ0) is 29.2. The Morgan fingerprint density at radius 2 is 1.81 bits per heavy atom. The number of hydrogen-bond acceptors (Lipinski definition) is 6. The van der Waals surface area contributed by atoms with Crippen molar-refractivity contribution in [2.24, 2.45) is 13.0 Å². The van der Waals surface area contributed by atoms with E-state index in [4.69, 9.17) is 14.0 Å². The van der Waals surface area contributed by atoms with E-state index in [1.807, 2.05) is 59.2 Å². The van der Waals surface area contributed by atoms with E-state index in [1.165, 1.54) is 16.5 Å². The Morgan fingerprint density at radius 1 is 1.07 bits per heavy atom. The van der Waals surface area contributed by atoms with E-state index in [9.17, 15) is 14.7 Å². The highest BCUT2D eigenvalue weighted by atomic mass is 16.5. The summed E-state index contributed by atoms with van der Waals surface area (Å²) in [7, 11) is 1.59. The van der Waals surface area contributed by atoms with Gasteiger partial charge in [0.1, 0.15) is 5.76 Å². The van der Waals surface area contributed by atoms with Crippen LogP contribution < -0.4 is 5.56 Å². The van der Waals surface area contributed by atoms with Gasteiger partial charge in [0.05, 0.1) is 37.0 Å². The summed E-state index contributed by atoms with van der Waals surface area (Å²) >= 11 is 0. The van der Waals surface area contributed by atoms with E-state index in [0.29, 0.717) is 42.5 Å². The molecule has 5 aromatic rings. The van der Waals surface area contributed by atoms with Gasteiger partial charge in [-0.15, -0.1) is 0 Å². The van der Waals surface area contributed by atoms with E-state index >= 15 is 0 Å². The summed E-state index contributed by atoms with van der Waals surface area (Å²) < 4.78 is 20.7. The number of benzene rings is 2. The minimum absolute atomic E-state index is 0.00663. The second-order valence-corrected chi connectivity index (χ2v) is 10.8. The molecule has 9 nitrogen and oxygen atoms in total. The van der Waals surface area contributed by atoms with Crippen molar-refractivity contribution < 1.29 is 23.9 Å². The average molecular weight is 568 g/mol. The number of nitrogens with zero attached hydrogens (tertiary/aromatic N) is 3. The highest BCUT2D eigenvalue weighted by Gasteiger charge is 2.30. The van der Waals surface area contributed by atoms with E-state index in [1.54, 1.807) is 14.0 Å². The molecule has 1 aliphatic carbocycles. The highest BCUT2D eigenvalue weighted by molar-refractivity contribution is 6.02. The maximum absolute atomic E-state index is 12.5. The number of ether oxygens (including phenoxy) is 2. The van der Waals surface area contributed by atoms with Crippen molar-refractivity contribution in [3.8, 4) is 22.4 Å². The maximum Gasteiger partial charge on any atom is 0.356 e. The van der Waals surface area contributed by atoms with Crippen molar-refractivity contribution in [2.45, 2.75) is 39.0 Å². The van der Waals surface area contributed by atoms with Gasteiger partial charge < -0.3 is 23.7 Å². The number of aryl methyl sites for hydroxylation is 2. The number of aromatic carboxylic acids is 1. The first-order chi connectivity index (χ1) is 20.4. The molecule has 2 aromatic carbocycles. The predicted octanol–water partition coefficient (Wildman–Crippen LogP) is 5.68. The van der Waals surface area contributed by atoms with E-state index in [-0.39, 0.29) is 17.4 Å². The van der Waals surface area contributed by atoms with Gasteiger partial charge in [-0.25, -0.2) is 9.78 Å². The number of carboxylic acids is 1. The van der Waals surface area contributed by atoms with Gasteiger partial charge in [-0.05, 0) is 54.5 Å². The predicted molar refractivity (Wildman–Crippen MR) is 158 cm³/mol. The van der Waals surface area contributed by atoms with Crippen molar-refractivity contribution >= 4 is 16.9 Å². The van der Waals surface area contributed by atoms with E-state index < -0.39 is 5.97 Å². The van der Waals surface area contributed by atoms with Gasteiger partial charge in [-0.1, -0.05) is 54.6 Å². The molecule has 42 heavy (non-hydrogen) atoms. The lowest BCUT2D eigenvalue weighted by molar-refractivity contribution is -0.0601. The number of carbonyl (C=O) groups is 1. The van der Waals surface area contributed by atoms with Gasteiger partial charge in [0.25, 0.3) is 5.56 Å². The van der Waals surface area contributed by atoms with Gasteiger partial charge in [-0.2, -0.15) is 4.74 Å². The van der Waals surface area contributed by atoms with E-state index in [2.05, 4.69) is 17.1 Å². The molecule has 0 atom stereocenters. The first-order valence-corrected chi connectivity index (χ1v) is 14.1. The van der Waals surface area contributed by atoms with Crippen LogP contribution in [0.5, 0.6) is 0 Å². The molecular weight excluding hydrogens is 534 g/mol. The van der Waals surface area contributed by atoms with Gasteiger partial charge in [0.2, 0.25) is 0 Å². The lowest BCUT2D eigenvalue weighted by Crippen LogP contribution is -2.34. The molecule has 216 valence electrons. The van der Waals surface area contributed by atoms with Crippen LogP contribution in [0.25, 0.3) is 33.3 Å². The molecule has 0 saturated heterocycles. The number of rotatable bonds is 11. The molecule has 6 rings (SSSR count). The summed E-state index contributed by atoms with van der Waals surface area (Å²) in [6, 6.07) is 21.6. The second kappa shape index (κ2) is 11.8. The molecule has 9 heteroatoms. The molecule has 0 unspecified atom stereocenters. The maximum atomic E-state index is 12.5. The van der Waals surface area contributed by atoms with Crippen molar-refractivity contribution in [2.75, 3.05) is 13.2 Å². The largest absolute Gasteiger partial charge is 0.476 e. The van der Waals surface area contributed by atoms with Crippen LogP contribution in [-0.4, -0.2) is 44.7 Å². The van der Waals surface area contributed by atoms with Crippen molar-refractivity contribution in [1.82, 2.24) is 14.3 Å². The molecule has 1 N–H and O–H groups in total. The minimum atomic E-state index is -1.08. The fourth-order valence-corrected chi connectivity index (χ4v) is 5.75. The number of pyridine rings is 1. The molecule has 0 spiro atoms. The summed E-state index contributed by atoms with van der Waals surface area (Å²) in [5.74, 6) is -0.0373. The van der Waals surface area contributed by atoms with E-state index in [0.717, 1.165) is 41.7 Å². The van der Waals surface area contributed by atoms with Gasteiger partial charge in [0.15, 0.2) is 5.69 Å². The van der Waals surface area contributed by atoms with Gasteiger partial charge in [0, 0.05) is 30.9 Å². The molecule has 0 bridgehead atoms. The molecular formula is C33H33N3O6. The summed E-state index contributed by atoms with van der Waals surface area (Å²) in [5, 5.41) is 10.7. The van der Waals surface area contributed by atoms with Crippen LogP contribution in [0.3, 0.4) is 0 Å². The summed E-state index contributed by atoms with van der Waals surface area (Å²) in [6.45, 7) is 4.01. The Kier molecular flexibility index (Phi) is 7.78. The SMILES string of the molecule is Cc1on(C)c(=O)c1-c1ccc(-c2cc3ccnc(C(=O)O)c3n2CCOC2CC(COCc3ccccc3)C2)cc1. The van der Waals surface area contributed by atoms with Crippen LogP contribution in [-0.2, 0) is 29.7 Å². The Bertz CT molecular complexity index is 1760. The summed E-state index contributed by atoms with van der Waals surface area (Å²) in [4.78, 5) is 28.8. The van der Waals surface area contributed by atoms with Crippen molar-refractivity contribution in [3.05, 3.63) is 100 Å². The smallest absolute Gasteiger partial charge is 0.356 e. The Labute approximate surface area is 242 Å². The van der Waals surface area contributed by atoms with Crippen molar-refractivity contribution in [1.29, 1.82) is 0 Å². The normalized spacial score (nSPS) is 16.5. The highest BCUT2D eigenvalue weighted by Crippen LogP contribution is 2.33. The topological polar surface area (TPSA) is 109 Å². The lowest BCUT2D eigenvalue weighted by atomic mass is 9.83. The molecule has 0 aliphatic heterocycles. The molecule has 1 saturated carbocycles. The third-order valence-electron chi connectivity index (χ3n) is 7.93. The summed E-state index contributed by atoms with van der Waals surface area (Å²) in [6.07, 6.45) is 3.58. The van der Waals surface area contributed by atoms with Crippen molar-refractivity contribution in [3.63, 3.8) is 0 Å². The molecule has 1 fully saturated rings. The third kappa shape index (κ3) is 5.53. The molecule has 3 aromatic heterocycles. The summed E-state index contributed by atoms with van der Waals surface area (Å²) in [5.41, 5.74) is 4.59. The Hall–Kier alpha value is -4.47. The van der Waals surface area contributed by atoms with Crippen LogP contribution in [0, 0.1) is 12.8 Å². The molecule has 3 heterocycles. The number of fused-ring (bicyclic) bond motifs is 1. The standard InChI is InChI=1S/C33H33N3O6/c1-21-29(32(37)35(2)42-21)25-10-8-24(9-11-25)28-18-26-12-13-34-30(33(38)39)31(26)36(28)14-15-41-27-16-23(17-27)20-40-19-22-6-4-3-5-7-22/h3-13,18,23,27H,14-17,19-20H2,1-2H3,(H,38,39).